The Morgan fingerprint density at radius 3 is 2.50 bits per heavy atom. The van der Waals surface area contributed by atoms with Crippen LogP contribution in [0.25, 0.3) is 0 Å². The monoisotopic (exact) mass is 468 g/mol. The minimum absolute atomic E-state index is 0.0434. The predicted octanol–water partition coefficient (Wildman–Crippen LogP) is 4.48. The highest BCUT2D eigenvalue weighted by atomic mass is 35.5. The Kier molecular flexibility index (Phi) is 6.04. The first-order valence-corrected chi connectivity index (χ1v) is 12.3. The van der Waals surface area contributed by atoms with Gasteiger partial charge in [0.1, 0.15) is 0 Å². The first kappa shape index (κ1) is 22.0. The number of hydrogen-bond donors (Lipinski definition) is 1. The molecule has 1 heterocycles. The molecule has 0 unspecified atom stereocenters. The Bertz CT molecular complexity index is 1300. The number of nitrogens with one attached hydrogen (secondary N) is 1. The molecule has 2 amide bonds. The number of sulfone groups is 1. The largest absolute Gasteiger partial charge is 0.322 e. The van der Waals surface area contributed by atoms with Crippen molar-refractivity contribution in [2.45, 2.75) is 24.3 Å². The van der Waals surface area contributed by atoms with Gasteiger partial charge in [0.15, 0.2) is 9.84 Å². The lowest BCUT2D eigenvalue weighted by Crippen LogP contribution is -2.34. The maximum absolute atomic E-state index is 12.7. The molecule has 1 N–H and O–H groups in total. The summed E-state index contributed by atoms with van der Waals surface area (Å²) in [4.78, 5) is 27.1. The number of anilines is 2. The fourth-order valence-electron chi connectivity index (χ4n) is 3.65. The van der Waals surface area contributed by atoms with Gasteiger partial charge >= 0.3 is 0 Å². The van der Waals surface area contributed by atoms with Gasteiger partial charge in [0.05, 0.1) is 11.4 Å². The minimum Gasteiger partial charge on any atom is -0.322 e. The number of carbonyl (C=O) groups excluding carboxylic acids is 2. The Hall–Kier alpha value is -3.16. The molecule has 32 heavy (non-hydrogen) atoms. The van der Waals surface area contributed by atoms with Crippen LogP contribution in [0.3, 0.4) is 0 Å². The van der Waals surface area contributed by atoms with E-state index < -0.39 is 15.7 Å². The summed E-state index contributed by atoms with van der Waals surface area (Å²) < 4.78 is 23.5. The van der Waals surface area contributed by atoms with Gasteiger partial charge in [-0.05, 0) is 66.1 Å². The molecule has 6 nitrogen and oxygen atoms in total. The van der Waals surface area contributed by atoms with Crippen molar-refractivity contribution in [1.82, 2.24) is 0 Å². The molecule has 8 heteroatoms. The normalized spacial score (nSPS) is 13.6. The number of benzene rings is 3. The smallest absolute Gasteiger partial charge is 0.255 e. The van der Waals surface area contributed by atoms with E-state index in [4.69, 9.17) is 11.6 Å². The third-order valence-electron chi connectivity index (χ3n) is 5.32. The van der Waals surface area contributed by atoms with Crippen molar-refractivity contribution in [2.75, 3.05) is 16.5 Å². The van der Waals surface area contributed by atoms with Gasteiger partial charge in [0.25, 0.3) is 5.91 Å². The summed E-state index contributed by atoms with van der Waals surface area (Å²) in [6.07, 6.45) is 2.07. The molecule has 0 aliphatic carbocycles. The zero-order chi connectivity index (χ0) is 22.9. The molecule has 0 saturated carbocycles. The van der Waals surface area contributed by atoms with E-state index in [9.17, 15) is 18.0 Å². The Morgan fingerprint density at radius 2 is 1.78 bits per heavy atom. The average Bonchev–Trinajstić information content (AvgIpc) is 2.76. The van der Waals surface area contributed by atoms with Crippen molar-refractivity contribution >= 4 is 44.6 Å². The van der Waals surface area contributed by atoms with E-state index in [-0.39, 0.29) is 16.4 Å². The van der Waals surface area contributed by atoms with Crippen molar-refractivity contribution in [2.24, 2.45) is 0 Å². The molecule has 1 aliphatic rings. The van der Waals surface area contributed by atoms with Crippen LogP contribution in [0.1, 0.15) is 27.9 Å². The lowest BCUT2D eigenvalue weighted by atomic mass is 9.99. The third-order valence-corrected chi connectivity index (χ3v) is 6.68. The molecule has 0 spiro atoms. The molecule has 3 aromatic carbocycles. The lowest BCUT2D eigenvalue weighted by molar-refractivity contribution is -0.119. The van der Waals surface area contributed by atoms with Gasteiger partial charge in [0.2, 0.25) is 5.91 Å². The van der Waals surface area contributed by atoms with Crippen LogP contribution in [0.15, 0.2) is 71.6 Å². The maximum Gasteiger partial charge on any atom is 0.255 e. The van der Waals surface area contributed by atoms with Crippen molar-refractivity contribution in [3.63, 3.8) is 0 Å². The van der Waals surface area contributed by atoms with Crippen molar-refractivity contribution in [1.29, 1.82) is 0 Å². The first-order chi connectivity index (χ1) is 15.2. The zero-order valence-electron chi connectivity index (χ0n) is 17.3. The van der Waals surface area contributed by atoms with E-state index in [0.29, 0.717) is 30.1 Å². The van der Waals surface area contributed by atoms with E-state index in [1.54, 1.807) is 35.2 Å². The molecule has 4 rings (SSSR count). The van der Waals surface area contributed by atoms with E-state index in [1.165, 1.54) is 12.1 Å². The standard InChI is InChI=1S/C24H21ClN2O4S/c1-32(30,31)21-4-2-3-18(14-21)24(29)26-20-10-11-22-17(13-20)7-12-23(28)27(22)15-16-5-8-19(25)9-6-16/h2-6,8-11,13-14H,7,12,15H2,1H3,(H,26,29). The average molecular weight is 469 g/mol. The van der Waals surface area contributed by atoms with Crippen molar-refractivity contribution < 1.29 is 18.0 Å². The number of halogens is 1. The fourth-order valence-corrected chi connectivity index (χ4v) is 4.45. The van der Waals surface area contributed by atoms with Crippen LogP contribution in [0.5, 0.6) is 0 Å². The molecule has 164 valence electrons. The number of hydrogen-bond acceptors (Lipinski definition) is 4. The van der Waals surface area contributed by atoms with Gasteiger partial charge in [-0.1, -0.05) is 29.8 Å². The summed E-state index contributed by atoms with van der Waals surface area (Å²) in [6, 6.07) is 18.7. The molecule has 0 fully saturated rings. The van der Waals surface area contributed by atoms with E-state index in [0.717, 1.165) is 23.1 Å². The number of amides is 2. The van der Waals surface area contributed by atoms with Crippen LogP contribution >= 0.6 is 11.6 Å². The Labute approximate surface area is 191 Å². The quantitative estimate of drug-likeness (QED) is 0.598. The van der Waals surface area contributed by atoms with Crippen LogP contribution < -0.4 is 10.2 Å². The van der Waals surface area contributed by atoms with E-state index >= 15 is 0 Å². The third kappa shape index (κ3) is 4.84. The minimum atomic E-state index is -3.41. The highest BCUT2D eigenvalue weighted by molar-refractivity contribution is 7.90. The number of fused-ring (bicyclic) bond motifs is 1. The summed E-state index contributed by atoms with van der Waals surface area (Å²) in [5, 5.41) is 3.46. The van der Waals surface area contributed by atoms with E-state index in [2.05, 4.69) is 5.32 Å². The molecule has 3 aromatic rings. The first-order valence-electron chi connectivity index (χ1n) is 10.00. The number of aryl methyl sites for hydroxylation is 1. The summed E-state index contributed by atoms with van der Waals surface area (Å²) >= 11 is 5.95. The van der Waals surface area contributed by atoms with Crippen molar-refractivity contribution in [3.8, 4) is 0 Å². The summed E-state index contributed by atoms with van der Waals surface area (Å²) in [6.45, 7) is 0.437. The van der Waals surface area contributed by atoms with Crippen LogP contribution in [0, 0.1) is 0 Å². The molecule has 0 aromatic heterocycles. The molecular weight excluding hydrogens is 448 g/mol. The second kappa shape index (κ2) is 8.76. The molecule has 0 bridgehead atoms. The van der Waals surface area contributed by atoms with Crippen LogP contribution in [0.4, 0.5) is 11.4 Å². The molecule has 1 aliphatic heterocycles. The molecule has 0 radical (unpaired) electrons. The highest BCUT2D eigenvalue weighted by Crippen LogP contribution is 2.32. The summed E-state index contributed by atoms with van der Waals surface area (Å²) in [7, 11) is -3.41. The number of carbonyl (C=O) groups is 2. The SMILES string of the molecule is CS(=O)(=O)c1cccc(C(=O)Nc2ccc3c(c2)CCC(=O)N3Cc2ccc(Cl)cc2)c1. The second-order valence-corrected chi connectivity index (χ2v) is 10.2. The van der Waals surface area contributed by atoms with Gasteiger partial charge in [-0.25, -0.2) is 8.42 Å². The van der Waals surface area contributed by atoms with Crippen LogP contribution in [-0.4, -0.2) is 26.5 Å². The van der Waals surface area contributed by atoms with Gasteiger partial charge in [-0.2, -0.15) is 0 Å². The molecule has 0 saturated heterocycles. The topological polar surface area (TPSA) is 83.5 Å². The number of nitrogens with zero attached hydrogens (tertiary/aromatic N) is 1. The number of rotatable bonds is 5. The lowest BCUT2D eigenvalue weighted by Gasteiger charge is -2.30. The zero-order valence-corrected chi connectivity index (χ0v) is 18.9. The van der Waals surface area contributed by atoms with Crippen molar-refractivity contribution in [3.05, 3.63) is 88.4 Å². The van der Waals surface area contributed by atoms with Crippen LogP contribution in [-0.2, 0) is 27.6 Å². The highest BCUT2D eigenvalue weighted by Gasteiger charge is 2.24. The van der Waals surface area contributed by atoms with Gasteiger partial charge in [-0.15, -0.1) is 0 Å². The molecule has 0 atom stereocenters. The Balaban J connectivity index is 1.55. The molecular formula is C24H21ClN2O4S. The summed E-state index contributed by atoms with van der Waals surface area (Å²) in [5.74, 6) is -0.359. The second-order valence-electron chi connectivity index (χ2n) is 7.70. The fraction of sp³-hybridized carbons (Fsp3) is 0.167. The van der Waals surface area contributed by atoms with Gasteiger partial charge in [-0.3, -0.25) is 9.59 Å². The van der Waals surface area contributed by atoms with E-state index in [1.807, 2.05) is 24.3 Å². The van der Waals surface area contributed by atoms with Gasteiger partial charge in [0, 0.05) is 34.6 Å². The van der Waals surface area contributed by atoms with Gasteiger partial charge < -0.3 is 10.2 Å². The van der Waals surface area contributed by atoms with Crippen LogP contribution in [0.2, 0.25) is 5.02 Å². The summed E-state index contributed by atoms with van der Waals surface area (Å²) in [5.41, 5.74) is 3.58. The maximum atomic E-state index is 12.7. The Morgan fingerprint density at radius 1 is 1.03 bits per heavy atom. The predicted molar refractivity (Wildman–Crippen MR) is 125 cm³/mol.